The molecule has 1 aliphatic carbocycles. The van der Waals surface area contributed by atoms with Crippen molar-refractivity contribution in [1.29, 1.82) is 0 Å². The zero-order chi connectivity index (χ0) is 24.7. The average molecular weight is 514 g/mol. The summed E-state index contributed by atoms with van der Waals surface area (Å²) in [7, 11) is -1.94. The van der Waals surface area contributed by atoms with Crippen LogP contribution in [0.15, 0.2) is 47.4 Å². The first-order valence-electron chi connectivity index (χ1n) is 12.2. The Morgan fingerprint density at radius 1 is 1.14 bits per heavy atom. The highest BCUT2D eigenvalue weighted by molar-refractivity contribution is 7.89. The van der Waals surface area contributed by atoms with Gasteiger partial charge in [-0.05, 0) is 67.5 Å². The highest BCUT2D eigenvalue weighted by Gasteiger charge is 2.35. The Labute approximate surface area is 210 Å². The second-order valence-electron chi connectivity index (χ2n) is 9.67. The van der Waals surface area contributed by atoms with Gasteiger partial charge in [0.1, 0.15) is 0 Å². The highest BCUT2D eigenvalue weighted by atomic mass is 32.2. The first-order chi connectivity index (χ1) is 16.8. The number of hydrogen-bond donors (Lipinski definition) is 0. The van der Waals surface area contributed by atoms with Crippen molar-refractivity contribution in [2.75, 3.05) is 25.1 Å². The van der Waals surface area contributed by atoms with Gasteiger partial charge in [-0.2, -0.15) is 4.31 Å². The number of thiazole rings is 1. The first kappa shape index (κ1) is 24.4. The smallest absolute Gasteiger partial charge is 0.260 e. The van der Waals surface area contributed by atoms with Crippen LogP contribution in [0.2, 0.25) is 0 Å². The Morgan fingerprint density at radius 3 is 2.51 bits per heavy atom. The van der Waals surface area contributed by atoms with E-state index >= 15 is 0 Å². The zero-order valence-corrected chi connectivity index (χ0v) is 21.9. The molecule has 2 aromatic carbocycles. The zero-order valence-electron chi connectivity index (χ0n) is 20.3. The SMILES string of the molecule is CC(C)c1cccc2sc(N(CC3CCCO3)C(=O)c3ccc(S(=O)(=O)N(C)C4CC4)cc3)nc12. The third kappa shape index (κ3) is 4.87. The first-order valence-corrected chi connectivity index (χ1v) is 14.4. The maximum Gasteiger partial charge on any atom is 0.260 e. The van der Waals surface area contributed by atoms with Gasteiger partial charge in [0, 0.05) is 25.3 Å². The van der Waals surface area contributed by atoms with E-state index in [0.29, 0.717) is 29.8 Å². The summed E-state index contributed by atoms with van der Waals surface area (Å²) in [5, 5.41) is 0.638. The van der Waals surface area contributed by atoms with Crippen molar-refractivity contribution in [3.8, 4) is 0 Å². The van der Waals surface area contributed by atoms with Crippen LogP contribution in [0.1, 0.15) is 61.4 Å². The molecule has 0 spiro atoms. The molecule has 1 saturated carbocycles. The Balaban J connectivity index is 1.47. The minimum absolute atomic E-state index is 0.0395. The Bertz CT molecular complexity index is 1320. The fourth-order valence-corrected chi connectivity index (χ4v) is 6.93. The summed E-state index contributed by atoms with van der Waals surface area (Å²) in [6.07, 6.45) is 3.63. The Hall–Kier alpha value is -2.33. The van der Waals surface area contributed by atoms with Crippen LogP contribution < -0.4 is 4.90 Å². The summed E-state index contributed by atoms with van der Waals surface area (Å²) in [6.45, 7) is 5.39. The number of para-hydroxylation sites is 1. The largest absolute Gasteiger partial charge is 0.376 e. The van der Waals surface area contributed by atoms with Crippen LogP contribution in [0, 0.1) is 0 Å². The van der Waals surface area contributed by atoms with Gasteiger partial charge in [0.15, 0.2) is 5.13 Å². The van der Waals surface area contributed by atoms with Gasteiger partial charge < -0.3 is 4.74 Å². The van der Waals surface area contributed by atoms with Crippen molar-refractivity contribution in [2.24, 2.45) is 0 Å². The molecule has 7 nitrogen and oxygen atoms in total. The standard InChI is InChI=1S/C26H31N3O4S2/c1-17(2)22-7-4-8-23-24(22)27-26(34-23)29(16-20-6-5-15-33-20)25(30)18-9-13-21(14-10-18)35(31,32)28(3)19-11-12-19/h4,7-10,13-14,17,19-20H,5-6,11-12,15-16H2,1-3H3. The molecule has 35 heavy (non-hydrogen) atoms. The third-order valence-electron chi connectivity index (χ3n) is 6.79. The third-order valence-corrected chi connectivity index (χ3v) is 9.75. The monoisotopic (exact) mass is 513 g/mol. The maximum absolute atomic E-state index is 13.7. The normalized spacial score (nSPS) is 18.6. The fourth-order valence-electron chi connectivity index (χ4n) is 4.51. The second kappa shape index (κ2) is 9.61. The number of anilines is 1. The molecule has 5 rings (SSSR count). The molecule has 1 unspecified atom stereocenters. The molecule has 2 heterocycles. The van der Waals surface area contributed by atoms with Crippen LogP contribution in [-0.2, 0) is 14.8 Å². The molecule has 1 saturated heterocycles. The number of nitrogens with zero attached hydrogens (tertiary/aromatic N) is 3. The molecule has 2 aliphatic rings. The van der Waals surface area contributed by atoms with Crippen LogP contribution in [0.4, 0.5) is 5.13 Å². The van der Waals surface area contributed by atoms with Crippen molar-refractivity contribution in [2.45, 2.75) is 62.5 Å². The lowest BCUT2D eigenvalue weighted by Crippen LogP contribution is -2.37. The van der Waals surface area contributed by atoms with Gasteiger partial charge in [0.25, 0.3) is 5.91 Å². The van der Waals surface area contributed by atoms with E-state index in [2.05, 4.69) is 19.9 Å². The maximum atomic E-state index is 13.7. The lowest BCUT2D eigenvalue weighted by molar-refractivity contribution is 0.0917. The summed E-state index contributed by atoms with van der Waals surface area (Å²) in [6, 6.07) is 12.5. The molecule has 0 radical (unpaired) electrons. The number of amides is 1. The molecule has 2 fully saturated rings. The van der Waals surface area contributed by atoms with E-state index in [4.69, 9.17) is 9.72 Å². The van der Waals surface area contributed by atoms with Crippen LogP contribution in [0.25, 0.3) is 10.2 Å². The molecule has 1 aliphatic heterocycles. The van der Waals surface area contributed by atoms with Crippen LogP contribution in [0.5, 0.6) is 0 Å². The number of fused-ring (bicyclic) bond motifs is 1. The number of aromatic nitrogens is 1. The van der Waals surface area contributed by atoms with E-state index in [1.807, 2.05) is 12.1 Å². The van der Waals surface area contributed by atoms with E-state index in [1.165, 1.54) is 27.8 Å². The van der Waals surface area contributed by atoms with Gasteiger partial charge in [-0.3, -0.25) is 9.69 Å². The van der Waals surface area contributed by atoms with E-state index < -0.39 is 10.0 Å². The molecule has 1 atom stereocenters. The van der Waals surface area contributed by atoms with E-state index in [-0.39, 0.29) is 22.9 Å². The predicted molar refractivity (Wildman–Crippen MR) is 139 cm³/mol. The van der Waals surface area contributed by atoms with Crippen molar-refractivity contribution in [1.82, 2.24) is 9.29 Å². The van der Waals surface area contributed by atoms with Gasteiger partial charge >= 0.3 is 0 Å². The van der Waals surface area contributed by atoms with Crippen molar-refractivity contribution < 1.29 is 17.9 Å². The molecule has 3 aromatic rings. The van der Waals surface area contributed by atoms with E-state index in [1.54, 1.807) is 24.1 Å². The summed E-state index contributed by atoms with van der Waals surface area (Å²) >= 11 is 1.50. The summed E-state index contributed by atoms with van der Waals surface area (Å²) in [5.74, 6) is 0.115. The number of benzene rings is 2. The van der Waals surface area contributed by atoms with Gasteiger partial charge in [-0.1, -0.05) is 37.3 Å². The number of carbonyl (C=O) groups excluding carboxylic acids is 1. The van der Waals surface area contributed by atoms with Crippen LogP contribution in [-0.4, -0.2) is 56.0 Å². The van der Waals surface area contributed by atoms with E-state index in [0.717, 1.165) is 41.5 Å². The average Bonchev–Trinajstić information content (AvgIpc) is 3.39. The van der Waals surface area contributed by atoms with Crippen molar-refractivity contribution in [3.63, 3.8) is 0 Å². The van der Waals surface area contributed by atoms with Gasteiger partial charge in [-0.15, -0.1) is 0 Å². The summed E-state index contributed by atoms with van der Waals surface area (Å²) in [5.41, 5.74) is 2.51. The fraction of sp³-hybridized carbons (Fsp3) is 0.462. The molecule has 186 valence electrons. The Morgan fingerprint density at radius 2 is 1.89 bits per heavy atom. The molecule has 1 aromatic heterocycles. The van der Waals surface area contributed by atoms with Crippen LogP contribution in [0.3, 0.4) is 0 Å². The minimum atomic E-state index is -3.56. The number of hydrogen-bond acceptors (Lipinski definition) is 6. The van der Waals surface area contributed by atoms with Gasteiger partial charge in [0.05, 0.1) is 27.8 Å². The highest BCUT2D eigenvalue weighted by Crippen LogP contribution is 2.35. The number of sulfonamides is 1. The summed E-state index contributed by atoms with van der Waals surface area (Å²) in [4.78, 5) is 20.5. The molecular formula is C26H31N3O4S2. The van der Waals surface area contributed by atoms with Crippen molar-refractivity contribution in [3.05, 3.63) is 53.6 Å². The molecule has 9 heteroatoms. The lowest BCUT2D eigenvalue weighted by Gasteiger charge is -2.23. The minimum Gasteiger partial charge on any atom is -0.376 e. The Kier molecular flexibility index (Phi) is 6.69. The van der Waals surface area contributed by atoms with E-state index in [9.17, 15) is 13.2 Å². The topological polar surface area (TPSA) is 79.8 Å². The summed E-state index contributed by atoms with van der Waals surface area (Å²) < 4.78 is 34.1. The number of rotatable bonds is 8. The lowest BCUT2D eigenvalue weighted by atomic mass is 10.0. The second-order valence-corrected chi connectivity index (χ2v) is 12.7. The molecule has 0 bridgehead atoms. The number of carbonyl (C=O) groups is 1. The number of ether oxygens (including phenoxy) is 1. The molecule has 0 N–H and O–H groups in total. The van der Waals surface area contributed by atoms with Gasteiger partial charge in [0.2, 0.25) is 10.0 Å². The molecule has 1 amide bonds. The van der Waals surface area contributed by atoms with Crippen molar-refractivity contribution >= 4 is 42.6 Å². The predicted octanol–water partition coefficient (Wildman–Crippen LogP) is 5.03. The molecular weight excluding hydrogens is 482 g/mol. The van der Waals surface area contributed by atoms with Gasteiger partial charge in [-0.25, -0.2) is 13.4 Å². The van der Waals surface area contributed by atoms with Crippen LogP contribution >= 0.6 is 11.3 Å². The quantitative estimate of drug-likeness (QED) is 0.422.